The van der Waals surface area contributed by atoms with Crippen molar-refractivity contribution in [2.24, 2.45) is 4.99 Å². The number of anilines is 1. The van der Waals surface area contributed by atoms with Crippen molar-refractivity contribution < 1.29 is 0 Å². The standard InChI is InChI=1S/C17H15Cl2N3.ClH/c1-22-10-9-20-16(13-3-2-8-21-17(13)22)7-5-12-4-6-14(18)15(19)11-12;/h2-8,11H,9-10H2,1H3;1H. The Kier molecular flexibility index (Phi) is 6.05. The predicted molar refractivity (Wildman–Crippen MR) is 102 cm³/mol. The zero-order chi connectivity index (χ0) is 15.5. The van der Waals surface area contributed by atoms with Gasteiger partial charge in [0.25, 0.3) is 0 Å². The van der Waals surface area contributed by atoms with Crippen LogP contribution in [0.3, 0.4) is 0 Å². The van der Waals surface area contributed by atoms with E-state index in [-0.39, 0.29) is 12.4 Å². The minimum atomic E-state index is 0. The molecule has 0 aliphatic carbocycles. The Balaban J connectivity index is 0.00000192. The molecule has 0 atom stereocenters. The zero-order valence-corrected chi connectivity index (χ0v) is 14.9. The van der Waals surface area contributed by atoms with E-state index in [1.165, 1.54) is 0 Å². The summed E-state index contributed by atoms with van der Waals surface area (Å²) >= 11 is 12.0. The third kappa shape index (κ3) is 4.05. The fourth-order valence-corrected chi connectivity index (χ4v) is 2.65. The highest BCUT2D eigenvalue weighted by Gasteiger charge is 2.15. The number of allylic oxidation sites excluding steroid dienone is 1. The zero-order valence-electron chi connectivity index (χ0n) is 12.5. The van der Waals surface area contributed by atoms with Crippen LogP contribution in [0.5, 0.6) is 0 Å². The molecule has 1 aliphatic rings. The highest BCUT2D eigenvalue weighted by Crippen LogP contribution is 2.24. The molecule has 120 valence electrons. The van der Waals surface area contributed by atoms with Crippen molar-refractivity contribution in [2.45, 2.75) is 0 Å². The molecule has 0 fully saturated rings. The van der Waals surface area contributed by atoms with Gasteiger partial charge in [-0.1, -0.05) is 35.3 Å². The Bertz CT molecular complexity index is 756. The second kappa shape index (κ2) is 7.82. The number of halogens is 3. The SMILES string of the molecule is CN1CCN=C(C=Cc2ccc(Cl)c(Cl)c2)c2cccnc21.Cl. The summed E-state index contributed by atoms with van der Waals surface area (Å²) in [4.78, 5) is 11.2. The quantitative estimate of drug-likeness (QED) is 0.764. The number of nitrogens with zero attached hydrogens (tertiary/aromatic N) is 3. The fourth-order valence-electron chi connectivity index (χ4n) is 2.35. The van der Waals surface area contributed by atoms with E-state index in [1.807, 2.05) is 43.5 Å². The van der Waals surface area contributed by atoms with E-state index >= 15 is 0 Å². The van der Waals surface area contributed by atoms with Gasteiger partial charge in [0.1, 0.15) is 5.82 Å². The summed E-state index contributed by atoms with van der Waals surface area (Å²) in [5.41, 5.74) is 2.96. The molecule has 3 nitrogen and oxygen atoms in total. The first-order chi connectivity index (χ1) is 10.6. The summed E-state index contributed by atoms with van der Waals surface area (Å²) in [6.45, 7) is 1.60. The van der Waals surface area contributed by atoms with Crippen LogP contribution in [-0.4, -0.2) is 30.8 Å². The van der Waals surface area contributed by atoms with Crippen LogP contribution in [0.1, 0.15) is 11.1 Å². The van der Waals surface area contributed by atoms with E-state index in [9.17, 15) is 0 Å². The van der Waals surface area contributed by atoms with Crippen molar-refractivity contribution >= 4 is 53.2 Å². The Hall–Kier alpha value is -1.55. The largest absolute Gasteiger partial charge is 0.357 e. The molecule has 6 heteroatoms. The maximum Gasteiger partial charge on any atom is 0.137 e. The van der Waals surface area contributed by atoms with E-state index in [4.69, 9.17) is 23.2 Å². The van der Waals surface area contributed by atoms with Crippen LogP contribution in [0.4, 0.5) is 5.82 Å². The van der Waals surface area contributed by atoms with E-state index < -0.39 is 0 Å². The molecule has 2 aromatic rings. The number of hydrogen-bond donors (Lipinski definition) is 0. The maximum absolute atomic E-state index is 6.05. The molecule has 0 bridgehead atoms. The van der Waals surface area contributed by atoms with E-state index in [0.717, 1.165) is 35.7 Å². The smallest absolute Gasteiger partial charge is 0.137 e. The monoisotopic (exact) mass is 367 g/mol. The molecule has 0 amide bonds. The Morgan fingerprint density at radius 1 is 1.13 bits per heavy atom. The first kappa shape index (κ1) is 17.8. The molecular weight excluding hydrogens is 353 g/mol. The van der Waals surface area contributed by atoms with Gasteiger partial charge in [0.2, 0.25) is 0 Å². The minimum absolute atomic E-state index is 0. The Morgan fingerprint density at radius 2 is 1.96 bits per heavy atom. The first-order valence-electron chi connectivity index (χ1n) is 6.99. The van der Waals surface area contributed by atoms with Crippen LogP contribution in [0, 0.1) is 0 Å². The molecule has 0 saturated heterocycles. The van der Waals surface area contributed by atoms with E-state index in [2.05, 4.69) is 14.9 Å². The first-order valence-corrected chi connectivity index (χ1v) is 7.75. The lowest BCUT2D eigenvalue weighted by Gasteiger charge is -2.16. The third-order valence-corrected chi connectivity index (χ3v) is 4.26. The van der Waals surface area contributed by atoms with Gasteiger partial charge in [0.05, 0.1) is 22.3 Å². The second-order valence-electron chi connectivity index (χ2n) is 5.07. The van der Waals surface area contributed by atoms with Crippen LogP contribution >= 0.6 is 35.6 Å². The fraction of sp³-hybridized carbons (Fsp3) is 0.176. The second-order valence-corrected chi connectivity index (χ2v) is 5.88. The summed E-state index contributed by atoms with van der Waals surface area (Å²) in [7, 11) is 2.03. The average Bonchev–Trinajstić information content (AvgIpc) is 2.68. The number of rotatable bonds is 2. The van der Waals surface area contributed by atoms with Crippen LogP contribution < -0.4 is 4.90 Å². The molecule has 0 spiro atoms. The van der Waals surface area contributed by atoms with Crippen molar-refractivity contribution in [3.05, 3.63) is 63.8 Å². The van der Waals surface area contributed by atoms with Gasteiger partial charge >= 0.3 is 0 Å². The number of hydrogen-bond acceptors (Lipinski definition) is 3. The molecule has 0 radical (unpaired) electrons. The molecule has 0 unspecified atom stereocenters. The van der Waals surface area contributed by atoms with Crippen molar-refractivity contribution in [3.63, 3.8) is 0 Å². The molecule has 1 aromatic heterocycles. The maximum atomic E-state index is 6.05. The number of aliphatic imine (C=N–C) groups is 1. The molecule has 0 saturated carbocycles. The minimum Gasteiger partial charge on any atom is -0.357 e. The third-order valence-electron chi connectivity index (χ3n) is 3.52. The molecule has 23 heavy (non-hydrogen) atoms. The number of benzene rings is 1. The summed E-state index contributed by atoms with van der Waals surface area (Å²) < 4.78 is 0. The highest BCUT2D eigenvalue weighted by molar-refractivity contribution is 6.42. The topological polar surface area (TPSA) is 28.5 Å². The van der Waals surface area contributed by atoms with Crippen LogP contribution in [0.2, 0.25) is 10.0 Å². The van der Waals surface area contributed by atoms with Crippen molar-refractivity contribution in [1.29, 1.82) is 0 Å². The van der Waals surface area contributed by atoms with Gasteiger partial charge in [-0.3, -0.25) is 4.99 Å². The normalized spacial score (nSPS) is 14.0. The van der Waals surface area contributed by atoms with Crippen molar-refractivity contribution in [3.8, 4) is 0 Å². The van der Waals surface area contributed by atoms with E-state index in [0.29, 0.717) is 10.0 Å². The predicted octanol–water partition coefficient (Wildman–Crippen LogP) is 4.76. The lowest BCUT2D eigenvalue weighted by atomic mass is 10.1. The van der Waals surface area contributed by atoms with Gasteiger partial charge in [-0.05, 0) is 35.9 Å². The van der Waals surface area contributed by atoms with Crippen molar-refractivity contribution in [1.82, 2.24) is 4.98 Å². The molecule has 1 aromatic carbocycles. The van der Waals surface area contributed by atoms with Crippen LogP contribution in [0.15, 0.2) is 47.6 Å². The highest BCUT2D eigenvalue weighted by atomic mass is 35.5. The number of aromatic nitrogens is 1. The van der Waals surface area contributed by atoms with E-state index in [1.54, 1.807) is 12.3 Å². The summed E-state index contributed by atoms with van der Waals surface area (Å²) in [5, 5.41) is 1.11. The molecule has 1 aliphatic heterocycles. The lowest BCUT2D eigenvalue weighted by Crippen LogP contribution is -2.21. The van der Waals surface area contributed by atoms with Gasteiger partial charge in [0, 0.05) is 25.4 Å². The summed E-state index contributed by atoms with van der Waals surface area (Å²) in [5.74, 6) is 0.956. The lowest BCUT2D eigenvalue weighted by molar-refractivity contribution is 0.880. The summed E-state index contributed by atoms with van der Waals surface area (Å²) in [6, 6.07) is 9.54. The average molecular weight is 369 g/mol. The van der Waals surface area contributed by atoms with Gasteiger partial charge < -0.3 is 4.90 Å². The molecule has 0 N–H and O–H groups in total. The number of likely N-dealkylation sites (N-methyl/N-ethyl adjacent to an activating group) is 1. The van der Waals surface area contributed by atoms with Crippen molar-refractivity contribution in [2.75, 3.05) is 25.0 Å². The molecule has 2 heterocycles. The Morgan fingerprint density at radius 3 is 2.74 bits per heavy atom. The molecule has 3 rings (SSSR count). The Labute approximate surface area is 152 Å². The van der Waals surface area contributed by atoms with Crippen LogP contribution in [-0.2, 0) is 0 Å². The molecular formula is C17H16Cl3N3. The number of fused-ring (bicyclic) bond motifs is 1. The van der Waals surface area contributed by atoms with Gasteiger partial charge in [-0.15, -0.1) is 12.4 Å². The summed E-state index contributed by atoms with van der Waals surface area (Å²) in [6.07, 6.45) is 5.79. The van der Waals surface area contributed by atoms with Gasteiger partial charge in [-0.2, -0.15) is 0 Å². The van der Waals surface area contributed by atoms with Gasteiger partial charge in [-0.25, -0.2) is 4.98 Å². The number of pyridine rings is 1. The van der Waals surface area contributed by atoms with Gasteiger partial charge in [0.15, 0.2) is 0 Å². The van der Waals surface area contributed by atoms with Crippen LogP contribution in [0.25, 0.3) is 6.08 Å².